The van der Waals surface area contributed by atoms with Crippen LogP contribution in [0.15, 0.2) is 24.3 Å². The molecule has 0 saturated heterocycles. The van der Waals surface area contributed by atoms with Crippen molar-refractivity contribution in [2.24, 2.45) is 0 Å². The molecular weight excluding hydrogens is 185 g/mol. The second-order valence-corrected chi connectivity index (χ2v) is 2.40. The fourth-order valence-corrected chi connectivity index (χ4v) is 0.708. The van der Waals surface area contributed by atoms with Crippen LogP contribution in [0.3, 0.4) is 0 Å². The van der Waals surface area contributed by atoms with Crippen molar-refractivity contribution in [2.45, 2.75) is 6.18 Å². The fourth-order valence-electron chi connectivity index (χ4n) is 0.708. The standard InChI is InChI=1S/C8H7F3O2/c9-8(10,11)5-13-7-3-1-6(12)2-4-7/h1-4,12H,5H2. The molecule has 1 aromatic carbocycles. The topological polar surface area (TPSA) is 29.5 Å². The Bertz CT molecular complexity index is 266. The molecule has 72 valence electrons. The first-order valence-corrected chi connectivity index (χ1v) is 3.46. The van der Waals surface area contributed by atoms with Crippen molar-refractivity contribution in [2.75, 3.05) is 6.61 Å². The van der Waals surface area contributed by atoms with Crippen LogP contribution < -0.4 is 4.74 Å². The molecule has 0 amide bonds. The number of aromatic hydroxyl groups is 1. The summed E-state index contributed by atoms with van der Waals surface area (Å²) in [6.45, 7) is -1.32. The zero-order chi connectivity index (χ0) is 9.90. The Balaban J connectivity index is 2.51. The van der Waals surface area contributed by atoms with Crippen LogP contribution in [-0.4, -0.2) is 17.9 Å². The number of benzene rings is 1. The number of halogens is 3. The normalized spacial score (nSPS) is 11.3. The number of ether oxygens (including phenoxy) is 1. The lowest BCUT2D eigenvalue weighted by Crippen LogP contribution is -2.19. The van der Waals surface area contributed by atoms with Crippen LogP contribution in [0.25, 0.3) is 0 Å². The predicted molar refractivity (Wildman–Crippen MR) is 39.7 cm³/mol. The molecule has 0 unspecified atom stereocenters. The molecule has 13 heavy (non-hydrogen) atoms. The number of phenols is 1. The van der Waals surface area contributed by atoms with Gasteiger partial charge in [-0.3, -0.25) is 0 Å². The summed E-state index contributed by atoms with van der Waals surface area (Å²) in [5.41, 5.74) is 0. The van der Waals surface area contributed by atoms with Gasteiger partial charge in [0.05, 0.1) is 0 Å². The molecule has 0 atom stereocenters. The average molecular weight is 192 g/mol. The Labute approximate surface area is 72.6 Å². The van der Waals surface area contributed by atoms with Crippen LogP contribution in [-0.2, 0) is 0 Å². The zero-order valence-corrected chi connectivity index (χ0v) is 6.51. The van der Waals surface area contributed by atoms with E-state index in [4.69, 9.17) is 5.11 Å². The van der Waals surface area contributed by atoms with Crippen molar-refractivity contribution in [3.05, 3.63) is 24.3 Å². The summed E-state index contributed by atoms with van der Waals surface area (Å²) in [4.78, 5) is 0. The molecule has 0 heterocycles. The van der Waals surface area contributed by atoms with Gasteiger partial charge in [0.25, 0.3) is 0 Å². The van der Waals surface area contributed by atoms with E-state index in [0.29, 0.717) is 0 Å². The molecule has 0 aliphatic rings. The van der Waals surface area contributed by atoms with Crippen molar-refractivity contribution in [3.63, 3.8) is 0 Å². The Morgan fingerprint density at radius 3 is 2.15 bits per heavy atom. The predicted octanol–water partition coefficient (Wildman–Crippen LogP) is 2.33. The number of hydrogen-bond donors (Lipinski definition) is 1. The van der Waals surface area contributed by atoms with E-state index in [2.05, 4.69) is 4.74 Å². The summed E-state index contributed by atoms with van der Waals surface area (Å²) in [5.74, 6) is 0.0643. The first-order chi connectivity index (χ1) is 5.97. The van der Waals surface area contributed by atoms with E-state index in [1.807, 2.05) is 0 Å². The van der Waals surface area contributed by atoms with Gasteiger partial charge < -0.3 is 9.84 Å². The van der Waals surface area contributed by atoms with Crippen molar-refractivity contribution in [1.82, 2.24) is 0 Å². The summed E-state index contributed by atoms with van der Waals surface area (Å²) in [7, 11) is 0. The Morgan fingerprint density at radius 2 is 1.69 bits per heavy atom. The number of rotatable bonds is 2. The Kier molecular flexibility index (Phi) is 2.65. The molecule has 0 aliphatic carbocycles. The third kappa shape index (κ3) is 3.68. The highest BCUT2D eigenvalue weighted by molar-refractivity contribution is 5.30. The molecule has 2 nitrogen and oxygen atoms in total. The van der Waals surface area contributed by atoms with Gasteiger partial charge in [-0.15, -0.1) is 0 Å². The van der Waals surface area contributed by atoms with Crippen molar-refractivity contribution in [1.29, 1.82) is 0 Å². The van der Waals surface area contributed by atoms with Crippen LogP contribution in [0.1, 0.15) is 0 Å². The third-order valence-electron chi connectivity index (χ3n) is 1.24. The van der Waals surface area contributed by atoms with E-state index in [-0.39, 0.29) is 11.5 Å². The number of alkyl halides is 3. The molecule has 0 spiro atoms. The first kappa shape index (κ1) is 9.70. The summed E-state index contributed by atoms with van der Waals surface area (Å²) in [5, 5.41) is 8.81. The molecule has 0 aliphatic heterocycles. The molecule has 1 aromatic rings. The van der Waals surface area contributed by atoms with Crippen molar-refractivity contribution >= 4 is 0 Å². The van der Waals surface area contributed by atoms with Gasteiger partial charge in [-0.25, -0.2) is 0 Å². The average Bonchev–Trinajstić information content (AvgIpc) is 2.02. The van der Waals surface area contributed by atoms with Gasteiger partial charge in [0.15, 0.2) is 6.61 Å². The van der Waals surface area contributed by atoms with E-state index in [9.17, 15) is 13.2 Å². The summed E-state index contributed by atoms with van der Waals surface area (Å²) < 4.78 is 39.3. The number of phenolic OH excluding ortho intramolecular Hbond substituents is 1. The summed E-state index contributed by atoms with van der Waals surface area (Å²) >= 11 is 0. The fraction of sp³-hybridized carbons (Fsp3) is 0.250. The molecule has 0 fully saturated rings. The van der Waals surface area contributed by atoms with Gasteiger partial charge in [0.2, 0.25) is 0 Å². The van der Waals surface area contributed by atoms with E-state index in [0.717, 1.165) is 0 Å². The highest BCUT2D eigenvalue weighted by Crippen LogP contribution is 2.20. The monoisotopic (exact) mass is 192 g/mol. The minimum Gasteiger partial charge on any atom is -0.508 e. The summed E-state index contributed by atoms with van der Waals surface area (Å²) in [6, 6.07) is 5.04. The molecule has 1 N–H and O–H groups in total. The highest BCUT2D eigenvalue weighted by Gasteiger charge is 2.28. The highest BCUT2D eigenvalue weighted by atomic mass is 19.4. The van der Waals surface area contributed by atoms with E-state index in [1.54, 1.807) is 0 Å². The second kappa shape index (κ2) is 3.55. The lowest BCUT2D eigenvalue weighted by atomic mass is 10.3. The van der Waals surface area contributed by atoms with E-state index in [1.165, 1.54) is 24.3 Å². The summed E-state index contributed by atoms with van der Waals surface area (Å²) in [6.07, 6.45) is -4.34. The largest absolute Gasteiger partial charge is 0.508 e. The molecule has 0 bridgehead atoms. The minimum absolute atomic E-state index is 0.0145. The van der Waals surface area contributed by atoms with Crippen LogP contribution in [0.2, 0.25) is 0 Å². The Morgan fingerprint density at radius 1 is 1.15 bits per heavy atom. The maximum absolute atomic E-state index is 11.6. The minimum atomic E-state index is -4.34. The first-order valence-electron chi connectivity index (χ1n) is 3.46. The Hall–Kier alpha value is -1.39. The maximum Gasteiger partial charge on any atom is 0.422 e. The molecule has 5 heteroatoms. The molecule has 0 saturated carbocycles. The van der Waals surface area contributed by atoms with Gasteiger partial charge in [0, 0.05) is 0 Å². The van der Waals surface area contributed by atoms with Gasteiger partial charge in [-0.1, -0.05) is 0 Å². The molecule has 1 rings (SSSR count). The molecular formula is C8H7F3O2. The molecule has 0 aromatic heterocycles. The molecule has 0 radical (unpaired) electrons. The lowest BCUT2D eigenvalue weighted by molar-refractivity contribution is -0.153. The smallest absolute Gasteiger partial charge is 0.422 e. The van der Waals surface area contributed by atoms with Crippen molar-refractivity contribution in [3.8, 4) is 11.5 Å². The lowest BCUT2D eigenvalue weighted by Gasteiger charge is -2.08. The SMILES string of the molecule is Oc1ccc(OCC(F)(F)F)cc1. The van der Waals surface area contributed by atoms with Crippen molar-refractivity contribution < 1.29 is 23.0 Å². The van der Waals surface area contributed by atoms with Crippen LogP contribution in [0.4, 0.5) is 13.2 Å². The van der Waals surface area contributed by atoms with Gasteiger partial charge in [-0.2, -0.15) is 13.2 Å². The second-order valence-electron chi connectivity index (χ2n) is 2.40. The van der Waals surface area contributed by atoms with Gasteiger partial charge in [-0.05, 0) is 24.3 Å². The van der Waals surface area contributed by atoms with Crippen LogP contribution in [0.5, 0.6) is 11.5 Å². The van der Waals surface area contributed by atoms with E-state index < -0.39 is 12.8 Å². The van der Waals surface area contributed by atoms with Crippen LogP contribution >= 0.6 is 0 Å². The third-order valence-corrected chi connectivity index (χ3v) is 1.24. The maximum atomic E-state index is 11.6. The van der Waals surface area contributed by atoms with E-state index >= 15 is 0 Å². The van der Waals surface area contributed by atoms with Crippen LogP contribution in [0, 0.1) is 0 Å². The zero-order valence-electron chi connectivity index (χ0n) is 6.51. The number of hydrogen-bond acceptors (Lipinski definition) is 2. The quantitative estimate of drug-likeness (QED) is 0.779. The van der Waals surface area contributed by atoms with Gasteiger partial charge >= 0.3 is 6.18 Å². The van der Waals surface area contributed by atoms with Gasteiger partial charge in [0.1, 0.15) is 11.5 Å².